The molecule has 0 aliphatic heterocycles. The number of hydrogen-bond acceptors (Lipinski definition) is 4. The van der Waals surface area contributed by atoms with Crippen LogP contribution in [-0.2, 0) is 10.0 Å². The molecule has 0 unspecified atom stereocenters. The first-order valence-electron chi connectivity index (χ1n) is 4.86. The molecule has 1 atom stereocenters. The van der Waals surface area contributed by atoms with E-state index in [0.29, 0.717) is 5.69 Å². The molecule has 0 aliphatic carbocycles. The lowest BCUT2D eigenvalue weighted by molar-refractivity contribution is 0.265. The molecule has 90 valence electrons. The number of nitrogens with two attached hydrogens (primary N) is 1. The maximum atomic E-state index is 11.8. The molecule has 1 rings (SSSR count). The van der Waals surface area contributed by atoms with Gasteiger partial charge in [0.2, 0.25) is 10.0 Å². The Balaban J connectivity index is 3.03. The van der Waals surface area contributed by atoms with E-state index in [9.17, 15) is 8.42 Å². The molecule has 4 N–H and O–H groups in total. The molecular formula is C10H16N2O3S. The number of rotatable bonds is 4. The quantitative estimate of drug-likeness (QED) is 0.661. The van der Waals surface area contributed by atoms with Crippen LogP contribution in [-0.4, -0.2) is 26.2 Å². The molecule has 0 heterocycles. The van der Waals surface area contributed by atoms with Gasteiger partial charge in [0.25, 0.3) is 0 Å². The smallest absolute Gasteiger partial charge is 0.240 e. The van der Waals surface area contributed by atoms with Crippen LogP contribution in [0.15, 0.2) is 23.1 Å². The summed E-state index contributed by atoms with van der Waals surface area (Å²) < 4.78 is 25.9. The van der Waals surface area contributed by atoms with Crippen LogP contribution in [0.5, 0.6) is 0 Å². The minimum atomic E-state index is -3.60. The Bertz CT molecular complexity index is 471. The van der Waals surface area contributed by atoms with Crippen LogP contribution in [0, 0.1) is 6.92 Å². The Morgan fingerprint density at radius 3 is 2.62 bits per heavy atom. The third kappa shape index (κ3) is 2.94. The highest BCUT2D eigenvalue weighted by Gasteiger charge is 2.17. The summed E-state index contributed by atoms with van der Waals surface area (Å²) in [5.74, 6) is 0. The van der Waals surface area contributed by atoms with Crippen LogP contribution in [0.2, 0.25) is 0 Å². The molecule has 0 saturated carbocycles. The fraction of sp³-hybridized carbons (Fsp3) is 0.400. The maximum absolute atomic E-state index is 11.8. The molecule has 0 aliphatic rings. The fourth-order valence-corrected chi connectivity index (χ4v) is 2.43. The number of aliphatic hydroxyl groups is 1. The maximum Gasteiger partial charge on any atom is 0.240 e. The fourth-order valence-electron chi connectivity index (χ4n) is 1.16. The van der Waals surface area contributed by atoms with Gasteiger partial charge in [0.1, 0.15) is 0 Å². The summed E-state index contributed by atoms with van der Waals surface area (Å²) >= 11 is 0. The largest absolute Gasteiger partial charge is 0.398 e. The van der Waals surface area contributed by atoms with E-state index in [1.54, 1.807) is 19.9 Å². The molecule has 1 aromatic rings. The van der Waals surface area contributed by atoms with Crippen LogP contribution in [0.1, 0.15) is 12.5 Å². The Hall–Kier alpha value is -1.11. The van der Waals surface area contributed by atoms with Gasteiger partial charge in [-0.05, 0) is 31.5 Å². The Morgan fingerprint density at radius 2 is 2.12 bits per heavy atom. The standard InChI is InChI=1S/C10H16N2O3S/c1-7-3-4-9(5-10(7)11)16(14,15)12-8(2)6-13/h3-5,8,12-13H,6,11H2,1-2H3/t8-/m0/s1. The third-order valence-electron chi connectivity index (χ3n) is 2.19. The predicted octanol–water partition coefficient (Wildman–Crippen LogP) is 0.236. The first-order valence-corrected chi connectivity index (χ1v) is 6.34. The topological polar surface area (TPSA) is 92.4 Å². The number of anilines is 1. The van der Waals surface area contributed by atoms with Crippen molar-refractivity contribution in [3.8, 4) is 0 Å². The average molecular weight is 244 g/mol. The van der Waals surface area contributed by atoms with E-state index in [1.165, 1.54) is 12.1 Å². The summed E-state index contributed by atoms with van der Waals surface area (Å²) in [7, 11) is -3.60. The van der Waals surface area contributed by atoms with Gasteiger partial charge < -0.3 is 10.8 Å². The molecule has 16 heavy (non-hydrogen) atoms. The minimum absolute atomic E-state index is 0.107. The molecular weight excluding hydrogens is 228 g/mol. The van der Waals surface area contributed by atoms with Gasteiger partial charge in [0.15, 0.2) is 0 Å². The van der Waals surface area contributed by atoms with Crippen LogP contribution >= 0.6 is 0 Å². The van der Waals surface area contributed by atoms with Gasteiger partial charge in [-0.3, -0.25) is 0 Å². The van der Waals surface area contributed by atoms with E-state index in [0.717, 1.165) is 5.56 Å². The van der Waals surface area contributed by atoms with Crippen LogP contribution in [0.25, 0.3) is 0 Å². The second-order valence-corrected chi connectivity index (χ2v) is 5.44. The number of hydrogen-bond donors (Lipinski definition) is 3. The van der Waals surface area contributed by atoms with Crippen molar-refractivity contribution in [2.45, 2.75) is 24.8 Å². The number of aliphatic hydroxyl groups excluding tert-OH is 1. The highest BCUT2D eigenvalue weighted by Crippen LogP contribution is 2.17. The van der Waals surface area contributed by atoms with Crippen molar-refractivity contribution in [1.29, 1.82) is 0 Å². The lowest BCUT2D eigenvalue weighted by Gasteiger charge is -2.12. The van der Waals surface area contributed by atoms with Crippen molar-refractivity contribution in [3.63, 3.8) is 0 Å². The van der Waals surface area contributed by atoms with Gasteiger partial charge in [-0.2, -0.15) is 0 Å². The van der Waals surface area contributed by atoms with Gasteiger partial charge in [-0.15, -0.1) is 0 Å². The molecule has 0 fully saturated rings. The van der Waals surface area contributed by atoms with Crippen molar-refractivity contribution >= 4 is 15.7 Å². The summed E-state index contributed by atoms with van der Waals surface area (Å²) in [6.45, 7) is 3.13. The van der Waals surface area contributed by atoms with Crippen molar-refractivity contribution in [2.24, 2.45) is 0 Å². The molecule has 6 heteroatoms. The first-order chi connectivity index (χ1) is 7.36. The summed E-state index contributed by atoms with van der Waals surface area (Å²) in [6, 6.07) is 4.01. The zero-order valence-electron chi connectivity index (χ0n) is 9.27. The monoisotopic (exact) mass is 244 g/mol. The number of nitrogens with one attached hydrogen (secondary N) is 1. The molecule has 0 spiro atoms. The lowest BCUT2D eigenvalue weighted by atomic mass is 10.2. The van der Waals surface area contributed by atoms with Crippen molar-refractivity contribution in [3.05, 3.63) is 23.8 Å². The number of aryl methyl sites for hydroxylation is 1. The zero-order valence-corrected chi connectivity index (χ0v) is 10.1. The van der Waals surface area contributed by atoms with E-state index in [4.69, 9.17) is 10.8 Å². The number of benzene rings is 1. The summed E-state index contributed by atoms with van der Waals surface area (Å²) in [6.07, 6.45) is 0. The van der Waals surface area contributed by atoms with E-state index in [1.807, 2.05) is 0 Å². The van der Waals surface area contributed by atoms with E-state index < -0.39 is 16.1 Å². The SMILES string of the molecule is Cc1ccc(S(=O)(=O)N[C@@H](C)CO)cc1N. The highest BCUT2D eigenvalue weighted by molar-refractivity contribution is 7.89. The molecule has 0 amide bonds. The van der Waals surface area contributed by atoms with Crippen molar-refractivity contribution in [2.75, 3.05) is 12.3 Å². The van der Waals surface area contributed by atoms with Gasteiger partial charge in [0.05, 0.1) is 11.5 Å². The van der Waals surface area contributed by atoms with Gasteiger partial charge >= 0.3 is 0 Å². The number of sulfonamides is 1. The summed E-state index contributed by atoms with van der Waals surface area (Å²) in [5, 5.41) is 8.79. The average Bonchev–Trinajstić information content (AvgIpc) is 2.21. The van der Waals surface area contributed by atoms with Gasteiger partial charge in [-0.1, -0.05) is 6.07 Å². The Labute approximate surface area is 95.3 Å². The minimum Gasteiger partial charge on any atom is -0.398 e. The predicted molar refractivity (Wildman–Crippen MR) is 62.5 cm³/mol. The van der Waals surface area contributed by atoms with E-state index >= 15 is 0 Å². The Kier molecular flexibility index (Phi) is 3.90. The molecule has 0 saturated heterocycles. The first kappa shape index (κ1) is 13.0. The third-order valence-corrected chi connectivity index (χ3v) is 3.78. The second-order valence-electron chi connectivity index (χ2n) is 3.72. The summed E-state index contributed by atoms with van der Waals surface area (Å²) in [5.41, 5.74) is 6.90. The molecule has 1 aromatic carbocycles. The normalized spacial score (nSPS) is 13.7. The Morgan fingerprint density at radius 1 is 1.50 bits per heavy atom. The van der Waals surface area contributed by atoms with E-state index in [2.05, 4.69) is 4.72 Å². The van der Waals surface area contributed by atoms with Crippen molar-refractivity contribution < 1.29 is 13.5 Å². The van der Waals surface area contributed by atoms with Crippen molar-refractivity contribution in [1.82, 2.24) is 4.72 Å². The zero-order chi connectivity index (χ0) is 12.3. The van der Waals surface area contributed by atoms with E-state index in [-0.39, 0.29) is 11.5 Å². The summed E-state index contributed by atoms with van der Waals surface area (Å²) in [4.78, 5) is 0.107. The van der Waals surface area contributed by atoms with Crippen LogP contribution in [0.3, 0.4) is 0 Å². The van der Waals surface area contributed by atoms with Gasteiger partial charge in [0, 0.05) is 11.7 Å². The number of nitrogen functional groups attached to an aromatic ring is 1. The van der Waals surface area contributed by atoms with Gasteiger partial charge in [-0.25, -0.2) is 13.1 Å². The highest BCUT2D eigenvalue weighted by atomic mass is 32.2. The molecule has 0 aromatic heterocycles. The molecule has 5 nitrogen and oxygen atoms in total. The second kappa shape index (κ2) is 4.82. The molecule has 0 bridgehead atoms. The molecule has 0 radical (unpaired) electrons. The van der Waals surface area contributed by atoms with Crippen LogP contribution in [0.4, 0.5) is 5.69 Å². The lowest BCUT2D eigenvalue weighted by Crippen LogP contribution is -2.35. The van der Waals surface area contributed by atoms with Crippen LogP contribution < -0.4 is 10.5 Å².